The van der Waals surface area contributed by atoms with E-state index in [4.69, 9.17) is 14.0 Å². The van der Waals surface area contributed by atoms with E-state index in [1.807, 2.05) is 0 Å². The average Bonchev–Trinajstić information content (AvgIpc) is 3.07. The van der Waals surface area contributed by atoms with Crippen LogP contribution in [-0.4, -0.2) is 32.8 Å². The summed E-state index contributed by atoms with van der Waals surface area (Å²) in [5.41, 5.74) is 1.45. The topological polar surface area (TPSA) is 104 Å². The van der Waals surface area contributed by atoms with Gasteiger partial charge in [0.15, 0.2) is 0 Å². The number of benzene rings is 2. The van der Waals surface area contributed by atoms with Gasteiger partial charge in [-0.2, -0.15) is 4.98 Å². The molecule has 0 atom stereocenters. The maximum atomic E-state index is 13.0. The van der Waals surface area contributed by atoms with E-state index in [1.165, 1.54) is 20.3 Å². The highest BCUT2D eigenvalue weighted by atomic mass is 32.2. The summed E-state index contributed by atoms with van der Waals surface area (Å²) < 4.78 is 43.8. The van der Waals surface area contributed by atoms with Gasteiger partial charge in [-0.05, 0) is 18.6 Å². The van der Waals surface area contributed by atoms with E-state index in [2.05, 4.69) is 14.9 Å². The van der Waals surface area contributed by atoms with Gasteiger partial charge in [-0.25, -0.2) is 8.42 Å². The van der Waals surface area contributed by atoms with Gasteiger partial charge in [0, 0.05) is 30.7 Å². The molecule has 2 aromatic carbocycles. The van der Waals surface area contributed by atoms with Gasteiger partial charge in [-0.1, -0.05) is 17.3 Å². The largest absolute Gasteiger partial charge is 0.497 e. The zero-order valence-corrected chi connectivity index (χ0v) is 16.1. The number of hydrogen-bond donors (Lipinski definition) is 1. The van der Waals surface area contributed by atoms with Gasteiger partial charge in [0.25, 0.3) is 10.0 Å². The Kier molecular flexibility index (Phi) is 5.04. The molecule has 1 aromatic heterocycles. The molecular weight excluding hydrogens is 370 g/mol. The predicted molar refractivity (Wildman–Crippen MR) is 99.6 cm³/mol. The van der Waals surface area contributed by atoms with Crippen molar-refractivity contribution in [3.8, 4) is 22.9 Å². The molecule has 0 unspecified atom stereocenters. The lowest BCUT2D eigenvalue weighted by molar-refractivity contribution is 0.394. The number of aromatic nitrogens is 2. The minimum Gasteiger partial charge on any atom is -0.497 e. The Hall–Kier alpha value is -3.07. The summed E-state index contributed by atoms with van der Waals surface area (Å²) in [5.74, 6) is 1.67. The van der Waals surface area contributed by atoms with Crippen LogP contribution in [0.2, 0.25) is 0 Å². The standard InChI is InChI=1S/C18H19N3O5S/c1-11-5-6-13(18-19-12(2)26-20-18)7-17(11)27(22,23)21-14-8-15(24-3)10-16(9-14)25-4/h5-10,21H,1-4H3. The Morgan fingerprint density at radius 3 is 2.22 bits per heavy atom. The number of rotatable bonds is 6. The van der Waals surface area contributed by atoms with E-state index in [-0.39, 0.29) is 4.90 Å². The molecule has 0 aliphatic heterocycles. The Bertz CT molecular complexity index is 1050. The summed E-state index contributed by atoms with van der Waals surface area (Å²) in [5, 5.41) is 3.83. The highest BCUT2D eigenvalue weighted by Gasteiger charge is 2.20. The Balaban J connectivity index is 2.00. The monoisotopic (exact) mass is 389 g/mol. The van der Waals surface area contributed by atoms with Gasteiger partial charge in [-0.3, -0.25) is 4.72 Å². The summed E-state index contributed by atoms with van der Waals surface area (Å²) in [6.45, 7) is 3.38. The fourth-order valence-corrected chi connectivity index (χ4v) is 3.83. The molecule has 0 bridgehead atoms. The third kappa shape index (κ3) is 4.03. The Morgan fingerprint density at radius 1 is 1.00 bits per heavy atom. The van der Waals surface area contributed by atoms with Crippen molar-refractivity contribution >= 4 is 15.7 Å². The molecule has 142 valence electrons. The number of sulfonamides is 1. The molecule has 0 radical (unpaired) electrons. The number of hydrogen-bond acceptors (Lipinski definition) is 7. The van der Waals surface area contributed by atoms with Gasteiger partial charge >= 0.3 is 0 Å². The normalized spacial score (nSPS) is 11.3. The number of ether oxygens (including phenoxy) is 2. The van der Waals surface area contributed by atoms with Crippen LogP contribution in [0.5, 0.6) is 11.5 Å². The van der Waals surface area contributed by atoms with Crippen LogP contribution in [0, 0.1) is 13.8 Å². The van der Waals surface area contributed by atoms with Crippen LogP contribution >= 0.6 is 0 Å². The molecule has 27 heavy (non-hydrogen) atoms. The van der Waals surface area contributed by atoms with Gasteiger partial charge in [0.05, 0.1) is 24.8 Å². The summed E-state index contributed by atoms with van der Waals surface area (Å²) in [4.78, 5) is 4.25. The molecule has 1 N–H and O–H groups in total. The second kappa shape index (κ2) is 7.28. The molecule has 3 aromatic rings. The van der Waals surface area contributed by atoms with Crippen molar-refractivity contribution in [2.45, 2.75) is 18.7 Å². The van der Waals surface area contributed by atoms with Crippen LogP contribution in [0.4, 0.5) is 5.69 Å². The molecule has 0 amide bonds. The SMILES string of the molecule is COc1cc(NS(=O)(=O)c2cc(-c3noc(C)n3)ccc2C)cc(OC)c1. The highest BCUT2D eigenvalue weighted by Crippen LogP contribution is 2.29. The molecular formula is C18H19N3O5S. The highest BCUT2D eigenvalue weighted by molar-refractivity contribution is 7.92. The second-order valence-electron chi connectivity index (χ2n) is 5.82. The first-order valence-corrected chi connectivity index (χ1v) is 9.48. The van der Waals surface area contributed by atoms with E-state index >= 15 is 0 Å². The number of anilines is 1. The van der Waals surface area contributed by atoms with Gasteiger partial charge in [-0.15, -0.1) is 0 Å². The maximum absolute atomic E-state index is 13.0. The molecule has 1 heterocycles. The van der Waals surface area contributed by atoms with Gasteiger partial charge < -0.3 is 14.0 Å². The van der Waals surface area contributed by atoms with E-state index in [9.17, 15) is 8.42 Å². The molecule has 0 saturated heterocycles. The number of methoxy groups -OCH3 is 2. The fraction of sp³-hybridized carbons (Fsp3) is 0.222. The van der Waals surface area contributed by atoms with Crippen LogP contribution in [0.15, 0.2) is 45.8 Å². The summed E-state index contributed by atoms with van der Waals surface area (Å²) in [6, 6.07) is 9.75. The van der Waals surface area contributed by atoms with Crippen molar-refractivity contribution in [3.63, 3.8) is 0 Å². The van der Waals surface area contributed by atoms with Gasteiger partial charge in [0.2, 0.25) is 11.7 Å². The van der Waals surface area contributed by atoms with E-state index in [1.54, 1.807) is 44.2 Å². The zero-order chi connectivity index (χ0) is 19.6. The molecule has 0 aliphatic rings. The zero-order valence-electron chi connectivity index (χ0n) is 15.3. The number of nitrogens with zero attached hydrogens (tertiary/aromatic N) is 2. The van der Waals surface area contributed by atoms with Crippen LogP contribution < -0.4 is 14.2 Å². The first-order valence-electron chi connectivity index (χ1n) is 7.99. The van der Waals surface area contributed by atoms with Crippen molar-refractivity contribution in [2.24, 2.45) is 0 Å². The quantitative estimate of drug-likeness (QED) is 0.690. The summed E-state index contributed by atoms with van der Waals surface area (Å²) in [6.07, 6.45) is 0. The molecule has 0 spiro atoms. The van der Waals surface area contributed by atoms with Crippen LogP contribution in [0.3, 0.4) is 0 Å². The van der Waals surface area contributed by atoms with Crippen LogP contribution in [0.1, 0.15) is 11.5 Å². The summed E-state index contributed by atoms with van der Waals surface area (Å²) in [7, 11) is -0.878. The maximum Gasteiger partial charge on any atom is 0.262 e. The van der Waals surface area contributed by atoms with E-state index in [0.717, 1.165) is 0 Å². The van der Waals surface area contributed by atoms with Crippen LogP contribution in [0.25, 0.3) is 11.4 Å². The molecule has 0 saturated carbocycles. The molecule has 8 nitrogen and oxygen atoms in total. The number of nitrogens with one attached hydrogen (secondary N) is 1. The van der Waals surface area contributed by atoms with Crippen molar-refractivity contribution in [2.75, 3.05) is 18.9 Å². The third-order valence-corrected chi connectivity index (χ3v) is 5.39. The second-order valence-corrected chi connectivity index (χ2v) is 7.47. The van der Waals surface area contributed by atoms with Crippen LogP contribution in [-0.2, 0) is 10.0 Å². The fourth-order valence-electron chi connectivity index (χ4n) is 2.52. The number of aryl methyl sites for hydroxylation is 2. The molecule has 0 aliphatic carbocycles. The Morgan fingerprint density at radius 2 is 1.67 bits per heavy atom. The molecule has 9 heteroatoms. The van der Waals surface area contributed by atoms with Gasteiger partial charge in [0.1, 0.15) is 11.5 Å². The molecule has 3 rings (SSSR count). The first kappa shape index (κ1) is 18.7. The predicted octanol–water partition coefficient (Wildman–Crippen LogP) is 3.17. The van der Waals surface area contributed by atoms with E-state index < -0.39 is 10.0 Å². The lowest BCUT2D eigenvalue weighted by atomic mass is 10.1. The van der Waals surface area contributed by atoms with Crippen molar-refractivity contribution in [1.29, 1.82) is 0 Å². The average molecular weight is 389 g/mol. The van der Waals surface area contributed by atoms with E-state index in [0.29, 0.717) is 40.0 Å². The third-order valence-electron chi connectivity index (χ3n) is 3.87. The lowest BCUT2D eigenvalue weighted by Gasteiger charge is -2.13. The lowest BCUT2D eigenvalue weighted by Crippen LogP contribution is -2.14. The van der Waals surface area contributed by atoms with Crippen molar-refractivity contribution < 1.29 is 22.4 Å². The summed E-state index contributed by atoms with van der Waals surface area (Å²) >= 11 is 0. The smallest absolute Gasteiger partial charge is 0.262 e. The minimum atomic E-state index is -3.86. The minimum absolute atomic E-state index is 0.115. The first-order chi connectivity index (χ1) is 12.8. The van der Waals surface area contributed by atoms with Crippen molar-refractivity contribution in [1.82, 2.24) is 10.1 Å². The van der Waals surface area contributed by atoms with Crippen molar-refractivity contribution in [3.05, 3.63) is 47.9 Å². The Labute approximate surface area is 157 Å². The molecule has 0 fully saturated rings.